The molecule has 22 heavy (non-hydrogen) atoms. The maximum Gasteiger partial charge on any atom is 0.00124 e. The van der Waals surface area contributed by atoms with Crippen LogP contribution in [0.2, 0.25) is 0 Å². The van der Waals surface area contributed by atoms with Gasteiger partial charge in [0.25, 0.3) is 0 Å². The third kappa shape index (κ3) is 5.39. The lowest BCUT2D eigenvalue weighted by Crippen LogP contribution is -1.86. The highest BCUT2D eigenvalue weighted by molar-refractivity contribution is 5.69. The summed E-state index contributed by atoms with van der Waals surface area (Å²) in [5, 5.41) is 0. The molecule has 0 unspecified atom stereocenters. The van der Waals surface area contributed by atoms with Crippen LogP contribution < -0.4 is 0 Å². The minimum atomic E-state index is 1.10. The van der Waals surface area contributed by atoms with Crippen molar-refractivity contribution in [3.63, 3.8) is 0 Å². The Morgan fingerprint density at radius 1 is 0.955 bits per heavy atom. The summed E-state index contributed by atoms with van der Waals surface area (Å²) in [6.45, 7) is 4.41. The third-order valence-corrected chi connectivity index (χ3v) is 3.86. The molecular weight excluding hydrogens is 264 g/mol. The predicted octanol–water partition coefficient (Wildman–Crippen LogP) is 6.66. The maximum absolute atomic E-state index is 3.55. The summed E-state index contributed by atoms with van der Waals surface area (Å²) >= 11 is 0. The van der Waals surface area contributed by atoms with Crippen molar-refractivity contribution in [2.75, 3.05) is 0 Å². The van der Waals surface area contributed by atoms with Crippen LogP contribution in [-0.2, 0) is 0 Å². The standard InChI is InChI=1S/C22H26/c1-3-4-5-9-14-21(22-15-10-11-19(2)18-22)17-16-20-12-7-6-8-13-20/h6-8,10-13,15-16,18H,3-5,9,14H2,1-2H3. The highest BCUT2D eigenvalue weighted by Crippen LogP contribution is 2.22. The van der Waals surface area contributed by atoms with Crippen LogP contribution in [0.4, 0.5) is 0 Å². The monoisotopic (exact) mass is 290 g/mol. The van der Waals surface area contributed by atoms with E-state index < -0.39 is 0 Å². The average molecular weight is 290 g/mol. The van der Waals surface area contributed by atoms with E-state index in [1.54, 1.807) is 0 Å². The molecule has 0 heteroatoms. The Labute approximate surface area is 135 Å². The minimum Gasteiger partial charge on any atom is -0.116 e. The fourth-order valence-corrected chi connectivity index (χ4v) is 2.58. The van der Waals surface area contributed by atoms with Crippen molar-refractivity contribution >= 4 is 11.6 Å². The van der Waals surface area contributed by atoms with Crippen LogP contribution in [-0.4, -0.2) is 0 Å². The van der Waals surface area contributed by atoms with Gasteiger partial charge in [-0.2, -0.15) is 0 Å². The van der Waals surface area contributed by atoms with E-state index in [9.17, 15) is 0 Å². The number of aryl methyl sites for hydroxylation is 1. The number of hydrogen-bond donors (Lipinski definition) is 0. The van der Waals surface area contributed by atoms with Gasteiger partial charge in [0.1, 0.15) is 0 Å². The summed E-state index contributed by atoms with van der Waals surface area (Å²) in [7, 11) is 0. The van der Waals surface area contributed by atoms with Crippen LogP contribution in [0.3, 0.4) is 0 Å². The van der Waals surface area contributed by atoms with Gasteiger partial charge in [-0.25, -0.2) is 0 Å². The number of unbranched alkanes of at least 4 members (excludes halogenated alkanes) is 3. The second kappa shape index (κ2) is 9.07. The van der Waals surface area contributed by atoms with Gasteiger partial charge in [0.15, 0.2) is 0 Å². The highest BCUT2D eigenvalue weighted by atomic mass is 14.1. The number of hydrogen-bond acceptors (Lipinski definition) is 0. The van der Waals surface area contributed by atoms with Crippen molar-refractivity contribution in [3.05, 3.63) is 77.0 Å². The molecule has 2 aromatic carbocycles. The molecule has 2 aromatic rings. The molecule has 0 atom stereocenters. The van der Waals surface area contributed by atoms with Crippen LogP contribution in [0, 0.1) is 6.92 Å². The molecule has 2 rings (SSSR count). The molecule has 0 fully saturated rings. The zero-order valence-corrected chi connectivity index (χ0v) is 13.8. The van der Waals surface area contributed by atoms with E-state index in [1.807, 2.05) is 6.07 Å². The topological polar surface area (TPSA) is 0 Å². The Kier molecular flexibility index (Phi) is 6.74. The summed E-state index contributed by atoms with van der Waals surface area (Å²) in [6, 6.07) is 19.2. The molecule has 0 saturated carbocycles. The minimum absolute atomic E-state index is 1.10. The first kappa shape index (κ1) is 16.3. The summed E-state index contributed by atoms with van der Waals surface area (Å²) in [5.74, 6) is 0. The normalized spacial score (nSPS) is 10.1. The van der Waals surface area contributed by atoms with Crippen LogP contribution in [0.25, 0.3) is 11.6 Å². The second-order valence-corrected chi connectivity index (χ2v) is 5.86. The van der Waals surface area contributed by atoms with Gasteiger partial charge in [-0.1, -0.05) is 86.3 Å². The number of allylic oxidation sites excluding steroid dienone is 1. The zero-order chi connectivity index (χ0) is 15.6. The quantitative estimate of drug-likeness (QED) is 0.395. The smallest absolute Gasteiger partial charge is 0.00124 e. The van der Waals surface area contributed by atoms with Crippen molar-refractivity contribution in [3.8, 4) is 0 Å². The molecule has 114 valence electrons. The molecule has 0 N–H and O–H groups in total. The summed E-state index contributed by atoms with van der Waals surface area (Å²) in [5.41, 5.74) is 8.70. The van der Waals surface area contributed by atoms with E-state index in [0.29, 0.717) is 0 Å². The van der Waals surface area contributed by atoms with Crippen molar-refractivity contribution in [1.29, 1.82) is 0 Å². The van der Waals surface area contributed by atoms with Gasteiger partial charge in [0, 0.05) is 5.57 Å². The molecule has 0 spiro atoms. The Bertz CT molecular complexity index is 628. The third-order valence-electron chi connectivity index (χ3n) is 3.86. The SMILES string of the molecule is CCCCCCC(=C=Cc1ccccc1)c1cccc(C)c1. The van der Waals surface area contributed by atoms with Gasteiger partial charge in [-0.3, -0.25) is 0 Å². The number of rotatable bonds is 7. The highest BCUT2D eigenvalue weighted by Gasteiger charge is 2.01. The van der Waals surface area contributed by atoms with E-state index in [0.717, 1.165) is 6.42 Å². The van der Waals surface area contributed by atoms with Crippen LogP contribution in [0.5, 0.6) is 0 Å². The van der Waals surface area contributed by atoms with Crippen LogP contribution in [0.15, 0.2) is 60.3 Å². The fourth-order valence-electron chi connectivity index (χ4n) is 2.58. The van der Waals surface area contributed by atoms with Gasteiger partial charge >= 0.3 is 0 Å². The molecule has 0 saturated heterocycles. The van der Waals surface area contributed by atoms with Crippen LogP contribution in [0.1, 0.15) is 55.7 Å². The lowest BCUT2D eigenvalue weighted by atomic mass is 9.98. The molecule has 0 aliphatic rings. The molecule has 0 aliphatic carbocycles. The van der Waals surface area contributed by atoms with Gasteiger partial charge in [0.05, 0.1) is 0 Å². The van der Waals surface area contributed by atoms with E-state index in [2.05, 4.69) is 74.2 Å². The van der Waals surface area contributed by atoms with Gasteiger partial charge in [-0.05, 0) is 37.0 Å². The van der Waals surface area contributed by atoms with Crippen molar-refractivity contribution in [1.82, 2.24) is 0 Å². The van der Waals surface area contributed by atoms with Gasteiger partial charge in [-0.15, -0.1) is 5.73 Å². The van der Waals surface area contributed by atoms with Crippen molar-refractivity contribution in [2.24, 2.45) is 0 Å². The molecule has 0 amide bonds. The Morgan fingerprint density at radius 3 is 2.50 bits per heavy atom. The van der Waals surface area contributed by atoms with Crippen molar-refractivity contribution < 1.29 is 0 Å². The maximum atomic E-state index is 3.55. The van der Waals surface area contributed by atoms with E-state index in [4.69, 9.17) is 0 Å². The Balaban J connectivity index is 2.23. The predicted molar refractivity (Wildman–Crippen MR) is 97.8 cm³/mol. The first-order chi connectivity index (χ1) is 10.8. The first-order valence-electron chi connectivity index (χ1n) is 8.37. The molecule has 0 aromatic heterocycles. The van der Waals surface area contributed by atoms with Gasteiger partial charge < -0.3 is 0 Å². The van der Waals surface area contributed by atoms with E-state index in [-0.39, 0.29) is 0 Å². The molecule has 0 heterocycles. The molecule has 0 nitrogen and oxygen atoms in total. The largest absolute Gasteiger partial charge is 0.116 e. The zero-order valence-electron chi connectivity index (χ0n) is 13.8. The average Bonchev–Trinajstić information content (AvgIpc) is 2.55. The molecule has 0 bridgehead atoms. The summed E-state index contributed by atoms with van der Waals surface area (Å²) in [6.07, 6.45) is 8.36. The van der Waals surface area contributed by atoms with Gasteiger partial charge in [0.2, 0.25) is 0 Å². The lowest BCUT2D eigenvalue weighted by molar-refractivity contribution is 0.679. The fraction of sp³-hybridized carbons (Fsp3) is 0.318. The molecular formula is C22H26. The van der Waals surface area contributed by atoms with E-state index >= 15 is 0 Å². The summed E-state index contributed by atoms with van der Waals surface area (Å²) in [4.78, 5) is 0. The summed E-state index contributed by atoms with van der Waals surface area (Å²) < 4.78 is 0. The van der Waals surface area contributed by atoms with E-state index in [1.165, 1.54) is 47.9 Å². The molecule has 0 radical (unpaired) electrons. The van der Waals surface area contributed by atoms with Crippen molar-refractivity contribution in [2.45, 2.75) is 46.0 Å². The first-order valence-corrected chi connectivity index (χ1v) is 8.37. The lowest BCUT2D eigenvalue weighted by Gasteiger charge is -2.06. The Hall–Kier alpha value is -2.04. The van der Waals surface area contributed by atoms with Crippen LogP contribution >= 0.6 is 0 Å². The second-order valence-electron chi connectivity index (χ2n) is 5.86. The molecule has 0 aliphatic heterocycles. The number of benzene rings is 2. The Morgan fingerprint density at radius 2 is 1.77 bits per heavy atom.